The summed E-state index contributed by atoms with van der Waals surface area (Å²) in [5.74, 6) is -2.25. The molecule has 1 amide bonds. The number of cyclic esters (lactones) is 1. The molecule has 1 atom stereocenters. The van der Waals surface area contributed by atoms with E-state index in [1.165, 1.54) is 32.5 Å². The minimum absolute atomic E-state index is 0.0486. The zero-order valence-electron chi connectivity index (χ0n) is 18.5. The van der Waals surface area contributed by atoms with Crippen LogP contribution < -0.4 is 22.5 Å². The molecule has 0 bridgehead atoms. The lowest BCUT2D eigenvalue weighted by Crippen LogP contribution is -2.42. The van der Waals surface area contributed by atoms with Crippen LogP contribution in [-0.2, 0) is 32.2 Å². The molecule has 13 heteroatoms. The minimum Gasteiger partial charge on any atom is -0.432 e. The number of aromatic amines is 2. The highest BCUT2D eigenvalue weighted by Gasteiger charge is 2.42. The van der Waals surface area contributed by atoms with Crippen molar-refractivity contribution >= 4 is 11.9 Å². The third kappa shape index (κ3) is 5.94. The van der Waals surface area contributed by atoms with E-state index in [1.807, 2.05) is 0 Å². The summed E-state index contributed by atoms with van der Waals surface area (Å²) in [4.78, 5) is 77.6. The summed E-state index contributed by atoms with van der Waals surface area (Å²) in [5, 5.41) is 0. The lowest BCUT2D eigenvalue weighted by molar-refractivity contribution is -0.161. The van der Waals surface area contributed by atoms with E-state index in [4.69, 9.17) is 9.47 Å². The van der Waals surface area contributed by atoms with Gasteiger partial charge >= 0.3 is 17.3 Å². The summed E-state index contributed by atoms with van der Waals surface area (Å²) in [6, 6.07) is 1.18. The van der Waals surface area contributed by atoms with Crippen molar-refractivity contribution in [3.63, 3.8) is 0 Å². The molecule has 0 spiro atoms. The molecule has 2 aromatic heterocycles. The van der Waals surface area contributed by atoms with Crippen LogP contribution in [0.2, 0.25) is 0 Å². The molecule has 2 N–H and O–H groups in total. The Hall–Kier alpha value is -3.74. The van der Waals surface area contributed by atoms with Crippen molar-refractivity contribution in [2.45, 2.75) is 52.2 Å². The van der Waals surface area contributed by atoms with Crippen LogP contribution >= 0.6 is 0 Å². The smallest absolute Gasteiger partial charge is 0.338 e. The predicted molar refractivity (Wildman–Crippen MR) is 114 cm³/mol. The number of carbonyl (C=O) groups is 2. The first kappa shape index (κ1) is 23.9. The summed E-state index contributed by atoms with van der Waals surface area (Å²) < 4.78 is 13.0. The Bertz CT molecular complexity index is 1280. The molecule has 0 radical (unpaired) electrons. The highest BCUT2D eigenvalue weighted by Crippen LogP contribution is 2.25. The topological polar surface area (TPSA) is 166 Å². The Kier molecular flexibility index (Phi) is 6.81. The monoisotopic (exact) mass is 463 g/mol. The summed E-state index contributed by atoms with van der Waals surface area (Å²) in [6.45, 7) is 4.87. The maximum Gasteiger partial charge on any atom is 0.338 e. The zero-order chi connectivity index (χ0) is 24.3. The van der Waals surface area contributed by atoms with Gasteiger partial charge in [-0.2, -0.15) is 0 Å². The fourth-order valence-corrected chi connectivity index (χ4v) is 3.36. The maximum atomic E-state index is 13.0. The van der Waals surface area contributed by atoms with Crippen molar-refractivity contribution in [2.75, 3.05) is 13.1 Å². The summed E-state index contributed by atoms with van der Waals surface area (Å²) >= 11 is 0. The van der Waals surface area contributed by atoms with Gasteiger partial charge in [-0.1, -0.05) is 0 Å². The van der Waals surface area contributed by atoms with Crippen molar-refractivity contribution in [1.82, 2.24) is 24.0 Å². The van der Waals surface area contributed by atoms with E-state index in [1.54, 1.807) is 20.8 Å². The number of H-pyrrole nitrogens is 2. The second kappa shape index (κ2) is 9.40. The first-order valence-corrected chi connectivity index (χ1v) is 10.2. The second-order valence-electron chi connectivity index (χ2n) is 8.08. The van der Waals surface area contributed by atoms with Gasteiger partial charge in [0.1, 0.15) is 0 Å². The molecule has 2 aromatic rings. The molecule has 0 saturated carbocycles. The number of hydrogen-bond donors (Lipinski definition) is 2. The molecule has 1 saturated heterocycles. The molecular weight excluding hydrogens is 438 g/mol. The SMILES string of the molecule is Cc1cn(CCN(CCn2ccc(=O)[nH]c2=O)C(=O)CC2OC(C)(C)OC2=O)c(=O)[nH]c1=O. The Labute approximate surface area is 186 Å². The van der Waals surface area contributed by atoms with Crippen LogP contribution in [-0.4, -0.2) is 60.9 Å². The number of ether oxygens (including phenoxy) is 2. The van der Waals surface area contributed by atoms with Crippen molar-refractivity contribution in [1.29, 1.82) is 0 Å². The van der Waals surface area contributed by atoms with Gasteiger partial charge in [-0.25, -0.2) is 14.4 Å². The molecule has 1 aliphatic rings. The van der Waals surface area contributed by atoms with Crippen molar-refractivity contribution in [3.8, 4) is 0 Å². The van der Waals surface area contributed by atoms with Gasteiger partial charge < -0.3 is 14.4 Å². The molecule has 1 fully saturated rings. The molecule has 1 aliphatic heterocycles. The highest BCUT2D eigenvalue weighted by molar-refractivity contribution is 5.85. The number of nitrogens with zero attached hydrogens (tertiary/aromatic N) is 3. The quantitative estimate of drug-likeness (QED) is 0.437. The molecule has 1 unspecified atom stereocenters. The lowest BCUT2D eigenvalue weighted by Gasteiger charge is -2.24. The second-order valence-corrected chi connectivity index (χ2v) is 8.08. The molecular formula is C20H25N5O8. The number of amides is 1. The first-order chi connectivity index (χ1) is 15.4. The van der Waals surface area contributed by atoms with E-state index in [0.29, 0.717) is 5.56 Å². The van der Waals surface area contributed by atoms with Gasteiger partial charge in [0.15, 0.2) is 6.10 Å². The molecule has 33 heavy (non-hydrogen) atoms. The molecule has 178 valence electrons. The van der Waals surface area contributed by atoms with Crippen LogP contribution in [0.15, 0.2) is 37.6 Å². The Balaban J connectivity index is 1.76. The third-order valence-corrected chi connectivity index (χ3v) is 5.06. The number of aromatic nitrogens is 4. The fourth-order valence-electron chi connectivity index (χ4n) is 3.36. The number of rotatable bonds is 8. The van der Waals surface area contributed by atoms with E-state index < -0.39 is 46.3 Å². The van der Waals surface area contributed by atoms with Crippen molar-refractivity contribution < 1.29 is 19.1 Å². The standard InChI is InChI=1S/C20H25N5O8/c1-12-11-25(19(31)22-16(12)28)9-7-23(6-8-24-5-4-14(26)21-18(24)30)15(27)10-13-17(29)33-20(2,3)32-13/h4-5,11,13H,6-10H2,1-3H3,(H,21,26,30)(H,22,28,31). The van der Waals surface area contributed by atoms with E-state index in [0.717, 1.165) is 0 Å². The highest BCUT2D eigenvalue weighted by atomic mass is 16.8. The molecule has 13 nitrogen and oxygen atoms in total. The van der Waals surface area contributed by atoms with Gasteiger partial charge in [0.25, 0.3) is 11.1 Å². The number of nitrogens with one attached hydrogen (secondary N) is 2. The number of hydrogen-bond acceptors (Lipinski definition) is 8. The Morgan fingerprint density at radius 2 is 1.70 bits per heavy atom. The summed E-state index contributed by atoms with van der Waals surface area (Å²) in [7, 11) is 0. The number of carbonyl (C=O) groups excluding carboxylic acids is 2. The van der Waals surface area contributed by atoms with Gasteiger partial charge in [0.05, 0.1) is 6.42 Å². The average Bonchev–Trinajstić information content (AvgIpc) is 2.97. The van der Waals surface area contributed by atoms with Crippen LogP contribution in [0.5, 0.6) is 0 Å². The van der Waals surface area contributed by atoms with Gasteiger partial charge in [0, 0.05) is 64.1 Å². The average molecular weight is 463 g/mol. The zero-order valence-corrected chi connectivity index (χ0v) is 18.5. The molecule has 3 heterocycles. The van der Waals surface area contributed by atoms with Gasteiger partial charge in [-0.05, 0) is 6.92 Å². The molecule has 0 aliphatic carbocycles. The summed E-state index contributed by atoms with van der Waals surface area (Å²) in [6.07, 6.45) is 1.32. The van der Waals surface area contributed by atoms with Gasteiger partial charge in [0.2, 0.25) is 11.7 Å². The van der Waals surface area contributed by atoms with Crippen LogP contribution in [0.4, 0.5) is 0 Å². The van der Waals surface area contributed by atoms with Gasteiger partial charge in [-0.3, -0.25) is 33.5 Å². The maximum absolute atomic E-state index is 13.0. The number of aryl methyl sites for hydroxylation is 1. The fraction of sp³-hybridized carbons (Fsp3) is 0.500. The van der Waals surface area contributed by atoms with E-state index >= 15 is 0 Å². The summed E-state index contributed by atoms with van der Waals surface area (Å²) in [5.41, 5.74) is -1.97. The molecule has 0 aromatic carbocycles. The van der Waals surface area contributed by atoms with Gasteiger partial charge in [-0.15, -0.1) is 0 Å². The third-order valence-electron chi connectivity index (χ3n) is 5.06. The minimum atomic E-state index is -1.14. The van der Waals surface area contributed by atoms with Crippen LogP contribution in [0, 0.1) is 6.92 Å². The van der Waals surface area contributed by atoms with E-state index in [2.05, 4.69) is 9.97 Å². The Morgan fingerprint density at radius 1 is 1.06 bits per heavy atom. The lowest BCUT2D eigenvalue weighted by atomic mass is 10.2. The van der Waals surface area contributed by atoms with Crippen LogP contribution in [0.3, 0.4) is 0 Å². The van der Waals surface area contributed by atoms with Crippen LogP contribution in [0.25, 0.3) is 0 Å². The van der Waals surface area contributed by atoms with Crippen LogP contribution in [0.1, 0.15) is 25.8 Å². The van der Waals surface area contributed by atoms with Crippen molar-refractivity contribution in [2.24, 2.45) is 0 Å². The van der Waals surface area contributed by atoms with E-state index in [-0.39, 0.29) is 32.6 Å². The predicted octanol–water partition coefficient (Wildman–Crippen LogP) is -1.71. The Morgan fingerprint density at radius 3 is 2.30 bits per heavy atom. The number of esters is 1. The van der Waals surface area contributed by atoms with Crippen molar-refractivity contribution in [3.05, 3.63) is 65.7 Å². The normalized spacial score (nSPS) is 17.1. The molecule has 3 rings (SSSR count). The van der Waals surface area contributed by atoms with E-state index in [9.17, 15) is 28.8 Å². The largest absolute Gasteiger partial charge is 0.432 e. The first-order valence-electron chi connectivity index (χ1n) is 10.2.